The van der Waals surface area contributed by atoms with Crippen molar-refractivity contribution in [2.24, 2.45) is 0 Å². The SMILES string of the molecule is CC(C)N(Cc1ccc(-c2nc(N)nc(N)c2C#N)cc1)C(C)C. The van der Waals surface area contributed by atoms with E-state index in [2.05, 4.69) is 48.6 Å². The highest BCUT2D eigenvalue weighted by atomic mass is 15.2. The Kier molecular flexibility index (Phi) is 5.37. The van der Waals surface area contributed by atoms with Crippen LogP contribution in [-0.4, -0.2) is 27.0 Å². The van der Waals surface area contributed by atoms with Crippen molar-refractivity contribution < 1.29 is 0 Å². The second-order valence-electron chi connectivity index (χ2n) is 6.36. The Balaban J connectivity index is 2.32. The van der Waals surface area contributed by atoms with Gasteiger partial charge in [-0.15, -0.1) is 0 Å². The van der Waals surface area contributed by atoms with Crippen LogP contribution >= 0.6 is 0 Å². The van der Waals surface area contributed by atoms with Gasteiger partial charge in [0.15, 0.2) is 0 Å². The molecular weight excluding hydrogens is 300 g/mol. The first kappa shape index (κ1) is 17.7. The Hall–Kier alpha value is -2.65. The minimum absolute atomic E-state index is 0.0661. The molecule has 0 aliphatic carbocycles. The van der Waals surface area contributed by atoms with Gasteiger partial charge in [-0.1, -0.05) is 24.3 Å². The maximum Gasteiger partial charge on any atom is 0.222 e. The molecule has 0 atom stereocenters. The highest BCUT2D eigenvalue weighted by Gasteiger charge is 2.15. The van der Waals surface area contributed by atoms with E-state index in [1.807, 2.05) is 24.3 Å². The van der Waals surface area contributed by atoms with Crippen LogP contribution in [0.4, 0.5) is 11.8 Å². The van der Waals surface area contributed by atoms with Gasteiger partial charge in [-0.3, -0.25) is 4.90 Å². The molecule has 0 aliphatic heterocycles. The Morgan fingerprint density at radius 2 is 1.62 bits per heavy atom. The van der Waals surface area contributed by atoms with Gasteiger partial charge in [0, 0.05) is 24.2 Å². The van der Waals surface area contributed by atoms with Gasteiger partial charge in [-0.25, -0.2) is 4.98 Å². The summed E-state index contributed by atoms with van der Waals surface area (Å²) in [4.78, 5) is 10.4. The molecule has 0 bridgehead atoms. The first-order valence-electron chi connectivity index (χ1n) is 8.01. The number of anilines is 2. The van der Waals surface area contributed by atoms with Crippen molar-refractivity contribution in [1.29, 1.82) is 5.26 Å². The normalized spacial score (nSPS) is 11.2. The van der Waals surface area contributed by atoms with E-state index >= 15 is 0 Å². The molecule has 2 rings (SSSR count). The van der Waals surface area contributed by atoms with Crippen LogP contribution in [0.15, 0.2) is 24.3 Å². The Bertz CT molecular complexity index is 735. The van der Waals surface area contributed by atoms with E-state index in [0.29, 0.717) is 17.8 Å². The van der Waals surface area contributed by atoms with E-state index in [9.17, 15) is 5.26 Å². The van der Waals surface area contributed by atoms with Gasteiger partial charge in [0.1, 0.15) is 17.5 Å². The van der Waals surface area contributed by atoms with Crippen LogP contribution in [0.1, 0.15) is 38.8 Å². The van der Waals surface area contributed by atoms with E-state index < -0.39 is 0 Å². The summed E-state index contributed by atoms with van der Waals surface area (Å²) in [5.41, 5.74) is 14.2. The average Bonchev–Trinajstić information content (AvgIpc) is 2.52. The molecule has 1 aromatic carbocycles. The third-order valence-corrected chi connectivity index (χ3v) is 3.99. The van der Waals surface area contributed by atoms with E-state index in [0.717, 1.165) is 12.1 Å². The molecule has 126 valence electrons. The van der Waals surface area contributed by atoms with Crippen molar-refractivity contribution in [2.75, 3.05) is 11.5 Å². The number of benzene rings is 1. The second kappa shape index (κ2) is 7.28. The fourth-order valence-electron chi connectivity index (χ4n) is 2.76. The third kappa shape index (κ3) is 3.81. The molecule has 0 unspecified atom stereocenters. The lowest BCUT2D eigenvalue weighted by Crippen LogP contribution is -2.36. The van der Waals surface area contributed by atoms with Crippen LogP contribution < -0.4 is 11.5 Å². The molecule has 1 heterocycles. The quantitative estimate of drug-likeness (QED) is 0.876. The average molecular weight is 324 g/mol. The highest BCUT2D eigenvalue weighted by Crippen LogP contribution is 2.26. The maximum atomic E-state index is 9.29. The van der Waals surface area contributed by atoms with Gasteiger partial charge in [-0.2, -0.15) is 10.2 Å². The van der Waals surface area contributed by atoms with E-state index in [1.54, 1.807) is 0 Å². The molecule has 0 spiro atoms. The molecule has 0 fully saturated rings. The van der Waals surface area contributed by atoms with Gasteiger partial charge in [0.2, 0.25) is 5.95 Å². The van der Waals surface area contributed by atoms with Gasteiger partial charge in [0.25, 0.3) is 0 Å². The molecule has 6 nitrogen and oxygen atoms in total. The summed E-state index contributed by atoms with van der Waals surface area (Å²) in [6, 6.07) is 11.0. The number of aromatic nitrogens is 2. The smallest absolute Gasteiger partial charge is 0.222 e. The Morgan fingerprint density at radius 3 is 2.12 bits per heavy atom. The summed E-state index contributed by atoms with van der Waals surface area (Å²) in [6.45, 7) is 9.65. The molecule has 6 heteroatoms. The predicted octanol–water partition coefficient (Wildman–Crippen LogP) is 2.80. The summed E-state index contributed by atoms with van der Waals surface area (Å²) in [5, 5.41) is 9.29. The minimum Gasteiger partial charge on any atom is -0.382 e. The molecule has 0 saturated heterocycles. The Morgan fingerprint density at radius 1 is 1.04 bits per heavy atom. The van der Waals surface area contributed by atoms with Crippen molar-refractivity contribution in [1.82, 2.24) is 14.9 Å². The minimum atomic E-state index is 0.0661. The second-order valence-corrected chi connectivity index (χ2v) is 6.36. The van der Waals surface area contributed by atoms with Crippen LogP contribution in [0, 0.1) is 11.3 Å². The third-order valence-electron chi connectivity index (χ3n) is 3.99. The van der Waals surface area contributed by atoms with Crippen molar-refractivity contribution >= 4 is 11.8 Å². The molecule has 0 amide bonds. The topological polar surface area (TPSA) is 105 Å². The van der Waals surface area contributed by atoms with E-state index in [-0.39, 0.29) is 17.3 Å². The van der Waals surface area contributed by atoms with Gasteiger partial charge >= 0.3 is 0 Å². The standard InChI is InChI=1S/C18H24N6/c1-11(2)24(12(3)4)10-13-5-7-14(8-6-13)16-15(9-19)17(20)23-18(21)22-16/h5-8,11-12H,10H2,1-4H3,(H4,20,21,22,23). The fourth-order valence-corrected chi connectivity index (χ4v) is 2.76. The number of nitrogen functional groups attached to an aromatic ring is 2. The van der Waals surface area contributed by atoms with Gasteiger partial charge < -0.3 is 11.5 Å². The summed E-state index contributed by atoms with van der Waals surface area (Å²) in [6.07, 6.45) is 0. The zero-order valence-electron chi connectivity index (χ0n) is 14.6. The lowest BCUT2D eigenvalue weighted by molar-refractivity contribution is 0.166. The number of hydrogen-bond donors (Lipinski definition) is 2. The number of rotatable bonds is 5. The number of nitrogens with zero attached hydrogens (tertiary/aromatic N) is 4. The number of nitrogens with two attached hydrogens (primary N) is 2. The summed E-state index contributed by atoms with van der Waals surface area (Å²) < 4.78 is 0. The number of nitriles is 1. The maximum absolute atomic E-state index is 9.29. The van der Waals surface area contributed by atoms with Crippen LogP contribution in [-0.2, 0) is 6.54 Å². The van der Waals surface area contributed by atoms with Crippen molar-refractivity contribution in [3.8, 4) is 17.3 Å². The Labute approximate surface area is 143 Å². The fraction of sp³-hybridized carbons (Fsp3) is 0.389. The number of hydrogen-bond acceptors (Lipinski definition) is 6. The zero-order valence-corrected chi connectivity index (χ0v) is 14.6. The van der Waals surface area contributed by atoms with Crippen LogP contribution in [0.25, 0.3) is 11.3 Å². The molecule has 2 aromatic rings. The molecule has 0 radical (unpaired) electrons. The van der Waals surface area contributed by atoms with Crippen LogP contribution in [0.2, 0.25) is 0 Å². The molecule has 0 saturated carbocycles. The highest BCUT2D eigenvalue weighted by molar-refractivity contribution is 5.73. The van der Waals surface area contributed by atoms with Crippen LogP contribution in [0.5, 0.6) is 0 Å². The van der Waals surface area contributed by atoms with Crippen molar-refractivity contribution in [3.63, 3.8) is 0 Å². The lowest BCUT2D eigenvalue weighted by Gasteiger charge is -2.30. The van der Waals surface area contributed by atoms with Gasteiger partial charge in [0.05, 0.1) is 5.69 Å². The molecule has 24 heavy (non-hydrogen) atoms. The van der Waals surface area contributed by atoms with Crippen LogP contribution in [0.3, 0.4) is 0 Å². The zero-order chi connectivity index (χ0) is 17.9. The van der Waals surface area contributed by atoms with E-state index in [1.165, 1.54) is 5.56 Å². The van der Waals surface area contributed by atoms with Crippen molar-refractivity contribution in [3.05, 3.63) is 35.4 Å². The van der Waals surface area contributed by atoms with Crippen molar-refractivity contribution in [2.45, 2.75) is 46.3 Å². The largest absolute Gasteiger partial charge is 0.382 e. The first-order chi connectivity index (χ1) is 11.3. The van der Waals surface area contributed by atoms with E-state index in [4.69, 9.17) is 11.5 Å². The summed E-state index contributed by atoms with van der Waals surface area (Å²) in [5.74, 6) is 0.172. The molecular formula is C18H24N6. The molecule has 1 aromatic heterocycles. The molecule has 4 N–H and O–H groups in total. The summed E-state index contributed by atoms with van der Waals surface area (Å²) >= 11 is 0. The molecule has 0 aliphatic rings. The monoisotopic (exact) mass is 324 g/mol. The predicted molar refractivity (Wildman–Crippen MR) is 96.8 cm³/mol. The first-order valence-corrected chi connectivity index (χ1v) is 8.01. The van der Waals surface area contributed by atoms with Gasteiger partial charge in [-0.05, 0) is 33.3 Å². The lowest BCUT2D eigenvalue weighted by atomic mass is 10.0. The summed E-state index contributed by atoms with van der Waals surface area (Å²) in [7, 11) is 0.